The first-order chi connectivity index (χ1) is 7.34. The van der Waals surface area contributed by atoms with E-state index in [1.165, 1.54) is 25.0 Å². The molecule has 0 unspecified atom stereocenters. The van der Waals surface area contributed by atoms with E-state index in [1.807, 2.05) is 18.7 Å². The van der Waals surface area contributed by atoms with Gasteiger partial charge in [-0.25, -0.2) is 4.98 Å². The minimum absolute atomic E-state index is 0.919. The summed E-state index contributed by atoms with van der Waals surface area (Å²) < 4.78 is 0. The molecule has 84 valence electrons. The van der Waals surface area contributed by atoms with Crippen LogP contribution in [0.3, 0.4) is 0 Å². The maximum absolute atomic E-state index is 4.23. The van der Waals surface area contributed by atoms with Crippen LogP contribution in [0.25, 0.3) is 0 Å². The molecule has 0 aromatic carbocycles. The molecular weight excluding hydrogens is 206 g/mol. The number of aryl methyl sites for hydroxylation is 1. The monoisotopic (exact) mass is 225 g/mol. The molecule has 0 aliphatic heterocycles. The summed E-state index contributed by atoms with van der Waals surface area (Å²) in [5.41, 5.74) is 0.974. The van der Waals surface area contributed by atoms with E-state index in [0.29, 0.717) is 0 Å². The normalized spacial score (nSPS) is 10.3. The van der Waals surface area contributed by atoms with Crippen LogP contribution in [0.5, 0.6) is 0 Å². The molecule has 0 saturated heterocycles. The standard InChI is InChI=1S/C11H19N3S/c1-10-11(14-8-7-12-10)13-6-4-3-5-9-15-2/h7-8H,3-6,9H2,1-2H3,(H,13,14). The number of unbranched alkanes of at least 4 members (excludes halogenated alkanes) is 2. The lowest BCUT2D eigenvalue weighted by atomic mass is 10.2. The summed E-state index contributed by atoms with van der Waals surface area (Å²) in [6.45, 7) is 2.97. The quantitative estimate of drug-likeness (QED) is 0.724. The van der Waals surface area contributed by atoms with Crippen LogP contribution in [0, 0.1) is 6.92 Å². The summed E-state index contributed by atoms with van der Waals surface area (Å²) in [7, 11) is 0. The van der Waals surface area contributed by atoms with Gasteiger partial charge >= 0.3 is 0 Å². The van der Waals surface area contributed by atoms with Crippen molar-refractivity contribution in [2.24, 2.45) is 0 Å². The van der Waals surface area contributed by atoms with Crippen molar-refractivity contribution in [2.75, 3.05) is 23.9 Å². The molecule has 0 radical (unpaired) electrons. The molecule has 1 aromatic heterocycles. The number of nitrogens with zero attached hydrogens (tertiary/aromatic N) is 2. The molecule has 3 nitrogen and oxygen atoms in total. The lowest BCUT2D eigenvalue weighted by molar-refractivity contribution is 0.747. The zero-order chi connectivity index (χ0) is 10.9. The highest BCUT2D eigenvalue weighted by Gasteiger charge is 1.97. The average Bonchev–Trinajstić information content (AvgIpc) is 2.25. The summed E-state index contributed by atoms with van der Waals surface area (Å²) in [6, 6.07) is 0. The summed E-state index contributed by atoms with van der Waals surface area (Å²) in [6.07, 6.45) is 9.40. The van der Waals surface area contributed by atoms with Gasteiger partial charge in [-0.05, 0) is 31.8 Å². The SMILES string of the molecule is CSCCCCCNc1nccnc1C. The van der Waals surface area contributed by atoms with E-state index in [1.54, 1.807) is 12.4 Å². The molecular formula is C11H19N3S. The van der Waals surface area contributed by atoms with Gasteiger partial charge in [0.15, 0.2) is 0 Å². The maximum Gasteiger partial charge on any atom is 0.147 e. The number of thioether (sulfide) groups is 1. The second-order valence-electron chi connectivity index (χ2n) is 3.47. The molecule has 0 fully saturated rings. The van der Waals surface area contributed by atoms with Crippen molar-refractivity contribution < 1.29 is 0 Å². The molecule has 4 heteroatoms. The first-order valence-electron chi connectivity index (χ1n) is 5.35. The molecule has 0 atom stereocenters. The van der Waals surface area contributed by atoms with Gasteiger partial charge in [-0.15, -0.1) is 0 Å². The van der Waals surface area contributed by atoms with Crippen LogP contribution in [-0.4, -0.2) is 28.5 Å². The Hall–Kier alpha value is -0.770. The van der Waals surface area contributed by atoms with Crippen LogP contribution in [0.15, 0.2) is 12.4 Å². The van der Waals surface area contributed by atoms with Crippen LogP contribution < -0.4 is 5.32 Å². The van der Waals surface area contributed by atoms with Gasteiger partial charge in [0.25, 0.3) is 0 Å². The van der Waals surface area contributed by atoms with Crippen molar-refractivity contribution in [1.82, 2.24) is 9.97 Å². The molecule has 0 amide bonds. The first kappa shape index (κ1) is 12.3. The van der Waals surface area contributed by atoms with Crippen LogP contribution >= 0.6 is 11.8 Å². The van der Waals surface area contributed by atoms with Gasteiger partial charge < -0.3 is 5.32 Å². The Kier molecular flexibility index (Phi) is 6.16. The summed E-state index contributed by atoms with van der Waals surface area (Å²) in [5, 5.41) is 3.31. The highest BCUT2D eigenvalue weighted by atomic mass is 32.2. The zero-order valence-corrected chi connectivity index (χ0v) is 10.3. The fraction of sp³-hybridized carbons (Fsp3) is 0.636. The molecule has 0 bridgehead atoms. The van der Waals surface area contributed by atoms with Gasteiger partial charge in [0.2, 0.25) is 0 Å². The zero-order valence-electron chi connectivity index (χ0n) is 9.49. The van der Waals surface area contributed by atoms with Crippen LogP contribution in [0.2, 0.25) is 0 Å². The Balaban J connectivity index is 2.12. The van der Waals surface area contributed by atoms with Crippen molar-refractivity contribution >= 4 is 17.6 Å². The lowest BCUT2D eigenvalue weighted by Crippen LogP contribution is -2.05. The molecule has 0 aliphatic carbocycles. The number of rotatable bonds is 7. The predicted octanol–water partition coefficient (Wildman–Crippen LogP) is 2.73. The van der Waals surface area contributed by atoms with E-state index >= 15 is 0 Å². The largest absolute Gasteiger partial charge is 0.369 e. The fourth-order valence-corrected chi connectivity index (χ4v) is 1.83. The number of hydrogen-bond donors (Lipinski definition) is 1. The Bertz CT molecular complexity index is 278. The van der Waals surface area contributed by atoms with E-state index in [9.17, 15) is 0 Å². The lowest BCUT2D eigenvalue weighted by Gasteiger charge is -2.06. The molecule has 0 aliphatic rings. The molecule has 15 heavy (non-hydrogen) atoms. The smallest absolute Gasteiger partial charge is 0.147 e. The third-order valence-corrected chi connectivity index (χ3v) is 2.90. The van der Waals surface area contributed by atoms with Crippen LogP contribution in [0.1, 0.15) is 25.0 Å². The van der Waals surface area contributed by atoms with E-state index in [-0.39, 0.29) is 0 Å². The molecule has 0 spiro atoms. The molecule has 1 heterocycles. The fourth-order valence-electron chi connectivity index (χ4n) is 1.34. The van der Waals surface area contributed by atoms with E-state index in [2.05, 4.69) is 21.5 Å². The van der Waals surface area contributed by atoms with E-state index in [4.69, 9.17) is 0 Å². The van der Waals surface area contributed by atoms with Crippen molar-refractivity contribution in [2.45, 2.75) is 26.2 Å². The van der Waals surface area contributed by atoms with Crippen molar-refractivity contribution in [1.29, 1.82) is 0 Å². The second kappa shape index (κ2) is 7.51. The molecule has 1 N–H and O–H groups in total. The van der Waals surface area contributed by atoms with E-state index in [0.717, 1.165) is 18.1 Å². The van der Waals surface area contributed by atoms with Crippen LogP contribution in [-0.2, 0) is 0 Å². The number of aromatic nitrogens is 2. The molecule has 0 saturated carbocycles. The minimum atomic E-state index is 0.919. The number of anilines is 1. The average molecular weight is 225 g/mol. The van der Waals surface area contributed by atoms with Gasteiger partial charge in [0.1, 0.15) is 5.82 Å². The third kappa shape index (κ3) is 5.02. The van der Waals surface area contributed by atoms with Gasteiger partial charge in [0.05, 0.1) is 5.69 Å². The topological polar surface area (TPSA) is 37.8 Å². The Morgan fingerprint density at radius 1 is 1.20 bits per heavy atom. The highest BCUT2D eigenvalue weighted by Crippen LogP contribution is 2.07. The van der Waals surface area contributed by atoms with Gasteiger partial charge in [-0.3, -0.25) is 4.98 Å². The van der Waals surface area contributed by atoms with Crippen molar-refractivity contribution in [3.63, 3.8) is 0 Å². The van der Waals surface area contributed by atoms with Gasteiger partial charge in [-0.1, -0.05) is 6.42 Å². The maximum atomic E-state index is 4.23. The Labute approximate surface area is 96.1 Å². The third-order valence-electron chi connectivity index (χ3n) is 2.20. The number of nitrogens with one attached hydrogen (secondary N) is 1. The second-order valence-corrected chi connectivity index (χ2v) is 4.46. The van der Waals surface area contributed by atoms with Crippen LogP contribution in [0.4, 0.5) is 5.82 Å². The van der Waals surface area contributed by atoms with E-state index < -0.39 is 0 Å². The van der Waals surface area contributed by atoms with Gasteiger partial charge in [-0.2, -0.15) is 11.8 Å². The summed E-state index contributed by atoms with van der Waals surface area (Å²) in [4.78, 5) is 8.41. The molecule has 1 rings (SSSR count). The van der Waals surface area contributed by atoms with Crippen molar-refractivity contribution in [3.05, 3.63) is 18.1 Å². The Morgan fingerprint density at radius 3 is 2.73 bits per heavy atom. The Morgan fingerprint density at radius 2 is 2.00 bits per heavy atom. The molecule has 1 aromatic rings. The van der Waals surface area contributed by atoms with Gasteiger partial charge in [0, 0.05) is 18.9 Å². The summed E-state index contributed by atoms with van der Waals surface area (Å²) >= 11 is 1.92. The minimum Gasteiger partial charge on any atom is -0.369 e. The predicted molar refractivity (Wildman–Crippen MR) is 67.5 cm³/mol. The summed E-state index contributed by atoms with van der Waals surface area (Å²) in [5.74, 6) is 2.19. The van der Waals surface area contributed by atoms with Crippen molar-refractivity contribution in [3.8, 4) is 0 Å². The number of hydrogen-bond acceptors (Lipinski definition) is 4. The first-order valence-corrected chi connectivity index (χ1v) is 6.74. The highest BCUT2D eigenvalue weighted by molar-refractivity contribution is 7.98.